The van der Waals surface area contributed by atoms with Gasteiger partial charge in [-0.15, -0.1) is 0 Å². The maximum atomic E-state index is 12.6. The van der Waals surface area contributed by atoms with Gasteiger partial charge in [0.1, 0.15) is 6.07 Å². The Bertz CT molecular complexity index is 1010. The minimum absolute atomic E-state index is 0.0306. The third-order valence-electron chi connectivity index (χ3n) is 3.87. The maximum absolute atomic E-state index is 12.6. The van der Waals surface area contributed by atoms with Crippen molar-refractivity contribution in [3.05, 3.63) is 48.0 Å². The summed E-state index contributed by atoms with van der Waals surface area (Å²) in [6, 6.07) is 11.9. The molecule has 0 bridgehead atoms. The van der Waals surface area contributed by atoms with Crippen molar-refractivity contribution in [2.45, 2.75) is 24.3 Å². The number of carbonyl (C=O) groups excluding carboxylic acids is 1. The monoisotopic (exact) mass is 402 g/mol. The second-order valence-corrected chi connectivity index (χ2v) is 7.70. The summed E-state index contributed by atoms with van der Waals surface area (Å²) in [6.07, 6.45) is -0.151. The molecule has 2 aromatic carbocycles. The molecule has 0 saturated heterocycles. The fraction of sp³-hybridized carbons (Fsp3) is 0.263. The molecule has 0 radical (unpaired) electrons. The van der Waals surface area contributed by atoms with Crippen LogP contribution in [0.25, 0.3) is 0 Å². The van der Waals surface area contributed by atoms with Crippen molar-refractivity contribution in [2.24, 2.45) is 0 Å². The van der Waals surface area contributed by atoms with E-state index in [1.54, 1.807) is 12.1 Å². The zero-order chi connectivity index (χ0) is 20.1. The quantitative estimate of drug-likeness (QED) is 0.765. The molecule has 28 heavy (non-hydrogen) atoms. The summed E-state index contributed by atoms with van der Waals surface area (Å²) in [7, 11) is -3.86. The molecule has 1 N–H and O–H groups in total. The van der Waals surface area contributed by atoms with Crippen molar-refractivity contribution in [1.29, 1.82) is 5.26 Å². The number of nitrogens with zero attached hydrogens (tertiary/aromatic N) is 1. The lowest BCUT2D eigenvalue weighted by molar-refractivity contribution is 0.0435. The second-order valence-electron chi connectivity index (χ2n) is 6.02. The zero-order valence-electron chi connectivity index (χ0n) is 15.0. The molecule has 0 amide bonds. The van der Waals surface area contributed by atoms with Crippen LogP contribution in [-0.4, -0.2) is 33.7 Å². The van der Waals surface area contributed by atoms with Crippen LogP contribution in [0.3, 0.4) is 0 Å². The Morgan fingerprint density at radius 2 is 1.82 bits per heavy atom. The van der Waals surface area contributed by atoms with Crippen LogP contribution in [0.2, 0.25) is 0 Å². The van der Waals surface area contributed by atoms with E-state index in [0.29, 0.717) is 24.7 Å². The van der Waals surface area contributed by atoms with Crippen LogP contribution >= 0.6 is 0 Å². The van der Waals surface area contributed by atoms with E-state index in [9.17, 15) is 13.2 Å². The lowest BCUT2D eigenvalue weighted by Crippen LogP contribution is -2.14. The van der Waals surface area contributed by atoms with E-state index in [2.05, 4.69) is 4.72 Å². The van der Waals surface area contributed by atoms with Crippen molar-refractivity contribution in [1.82, 2.24) is 0 Å². The first-order chi connectivity index (χ1) is 13.4. The number of hydrogen-bond donors (Lipinski definition) is 1. The molecular weight excluding hydrogens is 384 g/mol. The Labute approximate surface area is 162 Å². The Morgan fingerprint density at radius 3 is 2.50 bits per heavy atom. The highest BCUT2D eigenvalue weighted by Crippen LogP contribution is 2.32. The van der Waals surface area contributed by atoms with Gasteiger partial charge in [0, 0.05) is 18.2 Å². The Balaban J connectivity index is 1.75. The van der Waals surface area contributed by atoms with E-state index in [0.717, 1.165) is 6.42 Å². The summed E-state index contributed by atoms with van der Waals surface area (Å²) in [6.45, 7) is 2.42. The largest absolute Gasteiger partial charge is 0.490 e. The number of esters is 1. The number of anilines is 1. The fourth-order valence-electron chi connectivity index (χ4n) is 2.45. The standard InChI is InChI=1S/C19H18N2O6S/c1-13(12-20)27-19(22)14-3-5-15(6-4-14)21-28(23,24)16-7-8-17-18(11-16)26-10-2-9-25-17/h3-8,11,13,21H,2,9-10H2,1H3/t13-/m1/s1. The summed E-state index contributed by atoms with van der Waals surface area (Å²) >= 11 is 0. The Morgan fingerprint density at radius 1 is 1.14 bits per heavy atom. The van der Waals surface area contributed by atoms with Gasteiger partial charge in [0.25, 0.3) is 10.0 Å². The number of rotatable bonds is 5. The third-order valence-corrected chi connectivity index (χ3v) is 5.25. The van der Waals surface area contributed by atoms with Gasteiger partial charge in [0.15, 0.2) is 17.6 Å². The van der Waals surface area contributed by atoms with E-state index in [1.807, 2.05) is 0 Å². The molecule has 0 unspecified atom stereocenters. The van der Waals surface area contributed by atoms with Gasteiger partial charge in [-0.25, -0.2) is 13.2 Å². The topological polar surface area (TPSA) is 115 Å². The van der Waals surface area contributed by atoms with Gasteiger partial charge in [-0.05, 0) is 43.3 Å². The van der Waals surface area contributed by atoms with Gasteiger partial charge in [0.05, 0.1) is 23.7 Å². The van der Waals surface area contributed by atoms with Crippen LogP contribution in [0.15, 0.2) is 47.4 Å². The van der Waals surface area contributed by atoms with Gasteiger partial charge in [-0.1, -0.05) is 0 Å². The summed E-state index contributed by atoms with van der Waals surface area (Å²) < 4.78 is 43.7. The number of carbonyl (C=O) groups is 1. The molecule has 1 atom stereocenters. The third kappa shape index (κ3) is 4.53. The van der Waals surface area contributed by atoms with E-state index >= 15 is 0 Å². The fourth-order valence-corrected chi connectivity index (χ4v) is 3.53. The molecule has 1 heterocycles. The molecule has 0 spiro atoms. The first-order valence-corrected chi connectivity index (χ1v) is 10.0. The van der Waals surface area contributed by atoms with Crippen LogP contribution in [0.5, 0.6) is 11.5 Å². The molecule has 0 aromatic heterocycles. The van der Waals surface area contributed by atoms with Crippen LogP contribution in [0, 0.1) is 11.3 Å². The second kappa shape index (κ2) is 8.19. The van der Waals surface area contributed by atoms with Gasteiger partial charge >= 0.3 is 5.97 Å². The Hall–Kier alpha value is -3.25. The summed E-state index contributed by atoms with van der Waals surface area (Å²) in [5.74, 6) is 0.224. The molecule has 1 aliphatic heterocycles. The highest BCUT2D eigenvalue weighted by molar-refractivity contribution is 7.92. The van der Waals surface area contributed by atoms with Crippen molar-refractivity contribution >= 4 is 21.7 Å². The molecule has 8 nitrogen and oxygen atoms in total. The van der Waals surface area contributed by atoms with Crippen molar-refractivity contribution in [3.63, 3.8) is 0 Å². The van der Waals surface area contributed by atoms with Crippen molar-refractivity contribution in [2.75, 3.05) is 17.9 Å². The molecule has 2 aromatic rings. The lowest BCUT2D eigenvalue weighted by atomic mass is 10.2. The summed E-state index contributed by atoms with van der Waals surface area (Å²) in [4.78, 5) is 11.9. The normalized spacial score (nSPS) is 14.3. The summed E-state index contributed by atoms with van der Waals surface area (Å²) in [5.41, 5.74) is 0.484. The van der Waals surface area contributed by atoms with Crippen molar-refractivity contribution in [3.8, 4) is 17.6 Å². The van der Waals surface area contributed by atoms with Crippen LogP contribution < -0.4 is 14.2 Å². The smallest absolute Gasteiger partial charge is 0.339 e. The summed E-state index contributed by atoms with van der Waals surface area (Å²) in [5, 5.41) is 8.68. The lowest BCUT2D eigenvalue weighted by Gasteiger charge is -2.12. The van der Waals surface area contributed by atoms with Crippen molar-refractivity contribution < 1.29 is 27.4 Å². The molecule has 0 fully saturated rings. The average Bonchev–Trinajstić information content (AvgIpc) is 2.92. The maximum Gasteiger partial charge on any atom is 0.339 e. The van der Waals surface area contributed by atoms with Gasteiger partial charge in [-0.3, -0.25) is 4.72 Å². The number of hydrogen-bond acceptors (Lipinski definition) is 7. The average molecular weight is 402 g/mol. The number of nitriles is 1. The zero-order valence-corrected chi connectivity index (χ0v) is 15.9. The van der Waals surface area contributed by atoms with E-state index in [1.165, 1.54) is 43.3 Å². The molecule has 9 heteroatoms. The van der Waals surface area contributed by atoms with Gasteiger partial charge in [-0.2, -0.15) is 5.26 Å². The minimum atomic E-state index is -3.86. The first-order valence-electron chi connectivity index (χ1n) is 8.52. The number of benzene rings is 2. The number of fused-ring (bicyclic) bond motifs is 1. The minimum Gasteiger partial charge on any atom is -0.490 e. The Kier molecular flexibility index (Phi) is 5.70. The van der Waals surface area contributed by atoms with Crippen LogP contribution in [0.4, 0.5) is 5.69 Å². The van der Waals surface area contributed by atoms with Crippen LogP contribution in [0.1, 0.15) is 23.7 Å². The predicted octanol–water partition coefficient (Wildman–Crippen LogP) is 2.72. The molecule has 3 rings (SSSR count). The molecule has 1 aliphatic rings. The van der Waals surface area contributed by atoms with Gasteiger partial charge in [0.2, 0.25) is 0 Å². The molecular formula is C19H18N2O6S. The highest BCUT2D eigenvalue weighted by atomic mass is 32.2. The van der Waals surface area contributed by atoms with Crippen LogP contribution in [-0.2, 0) is 14.8 Å². The first kappa shape index (κ1) is 19.5. The van der Waals surface area contributed by atoms with Gasteiger partial charge < -0.3 is 14.2 Å². The molecule has 0 saturated carbocycles. The number of sulfonamides is 1. The molecule has 146 valence electrons. The number of nitrogens with one attached hydrogen (secondary N) is 1. The highest BCUT2D eigenvalue weighted by Gasteiger charge is 2.19. The van der Waals surface area contributed by atoms with E-state index < -0.39 is 22.1 Å². The van der Waals surface area contributed by atoms with E-state index in [4.69, 9.17) is 19.5 Å². The predicted molar refractivity (Wildman–Crippen MR) is 99.8 cm³/mol. The number of ether oxygens (including phenoxy) is 3. The SMILES string of the molecule is C[C@H](C#N)OC(=O)c1ccc(NS(=O)(=O)c2ccc3c(c2)OCCCO3)cc1. The van der Waals surface area contributed by atoms with E-state index in [-0.39, 0.29) is 16.1 Å². The molecule has 0 aliphatic carbocycles.